The van der Waals surface area contributed by atoms with E-state index in [1.165, 1.54) is 16.5 Å². The Morgan fingerprint density at radius 1 is 0.684 bits per heavy atom. The summed E-state index contributed by atoms with van der Waals surface area (Å²) in [5, 5.41) is 21.1. The topological polar surface area (TPSA) is 40.5 Å². The highest BCUT2D eigenvalue weighted by Gasteiger charge is 2.23. The van der Waals surface area contributed by atoms with Crippen LogP contribution < -0.4 is 5.46 Å². The summed E-state index contributed by atoms with van der Waals surface area (Å²) in [6.45, 7) is 0. The summed E-state index contributed by atoms with van der Waals surface area (Å²) in [6.07, 6.45) is 0. The molecule has 0 spiro atoms. The molecule has 1 aliphatic carbocycles. The molecule has 0 saturated carbocycles. The van der Waals surface area contributed by atoms with Gasteiger partial charge in [0, 0.05) is 0 Å². The number of fused-ring (bicyclic) bond motifs is 3. The highest BCUT2D eigenvalue weighted by Crippen LogP contribution is 2.46. The minimum atomic E-state index is -1.43. The lowest BCUT2D eigenvalue weighted by atomic mass is 9.78. The van der Waals surface area contributed by atoms with Crippen LogP contribution in [0.15, 0.2) is 54.6 Å². The first-order chi connectivity index (χ1) is 9.25. The second-order valence-corrected chi connectivity index (χ2v) is 4.89. The summed E-state index contributed by atoms with van der Waals surface area (Å²) >= 11 is 0. The van der Waals surface area contributed by atoms with Gasteiger partial charge in [-0.05, 0) is 38.5 Å². The maximum Gasteiger partial charge on any atom is 0.488 e. The Kier molecular flexibility index (Phi) is 2.10. The molecule has 0 atom stereocenters. The van der Waals surface area contributed by atoms with Crippen molar-refractivity contribution in [3.8, 4) is 22.3 Å². The van der Waals surface area contributed by atoms with Crippen LogP contribution in [-0.4, -0.2) is 17.2 Å². The molecule has 0 aliphatic heterocycles. The van der Waals surface area contributed by atoms with Crippen molar-refractivity contribution in [3.63, 3.8) is 0 Å². The van der Waals surface area contributed by atoms with Gasteiger partial charge in [-0.2, -0.15) is 0 Å². The zero-order chi connectivity index (χ0) is 13.0. The molecule has 0 saturated heterocycles. The number of benzene rings is 3. The van der Waals surface area contributed by atoms with Gasteiger partial charge in [0.25, 0.3) is 0 Å². The van der Waals surface area contributed by atoms with Gasteiger partial charge in [-0.15, -0.1) is 0 Å². The average molecular weight is 246 g/mol. The third-order valence-electron chi connectivity index (χ3n) is 3.80. The monoisotopic (exact) mass is 246 g/mol. The average Bonchev–Trinajstić information content (AvgIpc) is 2.76. The molecule has 0 radical (unpaired) electrons. The van der Waals surface area contributed by atoms with Crippen LogP contribution in [0.3, 0.4) is 0 Å². The Balaban J connectivity index is 2.18. The van der Waals surface area contributed by atoms with Crippen LogP contribution in [-0.2, 0) is 0 Å². The van der Waals surface area contributed by atoms with Gasteiger partial charge in [0.2, 0.25) is 0 Å². The molecule has 0 amide bonds. The Morgan fingerprint density at radius 3 is 2.11 bits per heavy atom. The standard InChI is InChI=1S/C16H11BO2/c18-17(19)11-8-10-4-3-7-14-12-5-1-2-6-13(12)15(9-11)16(10)14/h1-9,18-19H. The molecule has 3 aromatic rings. The zero-order valence-corrected chi connectivity index (χ0v) is 10.2. The van der Waals surface area contributed by atoms with Gasteiger partial charge in [0.1, 0.15) is 0 Å². The molecule has 4 rings (SSSR count). The van der Waals surface area contributed by atoms with E-state index < -0.39 is 7.12 Å². The molecule has 2 nitrogen and oxygen atoms in total. The first-order valence-electron chi connectivity index (χ1n) is 6.28. The molecule has 3 aromatic carbocycles. The molecular weight excluding hydrogens is 235 g/mol. The minimum absolute atomic E-state index is 0.538. The van der Waals surface area contributed by atoms with Gasteiger partial charge in [-0.25, -0.2) is 0 Å². The van der Waals surface area contributed by atoms with Crippen molar-refractivity contribution in [2.75, 3.05) is 0 Å². The fourth-order valence-electron chi connectivity index (χ4n) is 2.99. The van der Waals surface area contributed by atoms with E-state index in [-0.39, 0.29) is 0 Å². The second kappa shape index (κ2) is 3.70. The number of rotatable bonds is 1. The van der Waals surface area contributed by atoms with Crippen molar-refractivity contribution in [3.05, 3.63) is 54.6 Å². The van der Waals surface area contributed by atoms with Crippen molar-refractivity contribution in [2.45, 2.75) is 0 Å². The van der Waals surface area contributed by atoms with Crippen molar-refractivity contribution in [2.24, 2.45) is 0 Å². The smallest absolute Gasteiger partial charge is 0.423 e. The first kappa shape index (κ1) is 10.8. The molecule has 3 heteroatoms. The summed E-state index contributed by atoms with van der Waals surface area (Å²) < 4.78 is 0. The molecule has 90 valence electrons. The Bertz CT molecular complexity index is 809. The molecule has 19 heavy (non-hydrogen) atoms. The Morgan fingerprint density at radius 2 is 1.37 bits per heavy atom. The number of hydrogen-bond acceptors (Lipinski definition) is 2. The largest absolute Gasteiger partial charge is 0.488 e. The summed E-state index contributed by atoms with van der Waals surface area (Å²) in [5.74, 6) is 0. The van der Waals surface area contributed by atoms with E-state index >= 15 is 0 Å². The molecule has 0 aromatic heterocycles. The third kappa shape index (κ3) is 1.40. The molecule has 0 bridgehead atoms. The minimum Gasteiger partial charge on any atom is -0.423 e. The summed E-state index contributed by atoms with van der Waals surface area (Å²) in [7, 11) is -1.43. The third-order valence-corrected chi connectivity index (χ3v) is 3.80. The first-order valence-corrected chi connectivity index (χ1v) is 6.28. The van der Waals surface area contributed by atoms with E-state index in [2.05, 4.69) is 18.2 Å². The Hall–Kier alpha value is -2.10. The molecule has 1 aliphatic rings. The van der Waals surface area contributed by atoms with E-state index in [4.69, 9.17) is 0 Å². The second-order valence-electron chi connectivity index (χ2n) is 4.89. The van der Waals surface area contributed by atoms with Gasteiger partial charge >= 0.3 is 7.12 Å². The van der Waals surface area contributed by atoms with Crippen LogP contribution >= 0.6 is 0 Å². The van der Waals surface area contributed by atoms with Crippen molar-refractivity contribution >= 4 is 23.4 Å². The maximum atomic E-state index is 9.42. The summed E-state index contributed by atoms with van der Waals surface area (Å²) in [5.41, 5.74) is 5.23. The van der Waals surface area contributed by atoms with E-state index in [0.29, 0.717) is 5.46 Å². The highest BCUT2D eigenvalue weighted by atomic mass is 16.4. The lowest BCUT2D eigenvalue weighted by molar-refractivity contribution is 0.426. The van der Waals surface area contributed by atoms with Gasteiger partial charge < -0.3 is 10.0 Å². The van der Waals surface area contributed by atoms with Crippen molar-refractivity contribution in [1.82, 2.24) is 0 Å². The Labute approximate surface area is 111 Å². The SMILES string of the molecule is OB(O)c1cc2c3c(cccc3c1)-c1ccccc1-2. The van der Waals surface area contributed by atoms with E-state index in [1.54, 1.807) is 0 Å². The normalized spacial score (nSPS) is 11.7. The zero-order valence-electron chi connectivity index (χ0n) is 10.2. The molecule has 0 fully saturated rings. The predicted molar refractivity (Wildman–Crippen MR) is 78.2 cm³/mol. The van der Waals surface area contributed by atoms with Crippen LogP contribution in [0, 0.1) is 0 Å². The van der Waals surface area contributed by atoms with Gasteiger partial charge in [0.15, 0.2) is 0 Å². The molecular formula is C16H11BO2. The molecule has 0 heterocycles. The molecule has 0 unspecified atom stereocenters. The number of hydrogen-bond donors (Lipinski definition) is 2. The lowest BCUT2D eigenvalue weighted by Gasteiger charge is -2.06. The highest BCUT2D eigenvalue weighted by molar-refractivity contribution is 6.59. The van der Waals surface area contributed by atoms with Gasteiger partial charge in [0.05, 0.1) is 0 Å². The van der Waals surface area contributed by atoms with E-state index in [0.717, 1.165) is 16.5 Å². The summed E-state index contributed by atoms with van der Waals surface area (Å²) in [4.78, 5) is 0. The quantitative estimate of drug-likeness (QED) is 0.505. The van der Waals surface area contributed by atoms with Crippen LogP contribution in [0.5, 0.6) is 0 Å². The van der Waals surface area contributed by atoms with Gasteiger partial charge in [-0.3, -0.25) is 0 Å². The van der Waals surface area contributed by atoms with Crippen LogP contribution in [0.4, 0.5) is 0 Å². The lowest BCUT2D eigenvalue weighted by Crippen LogP contribution is -2.29. The molecule has 2 N–H and O–H groups in total. The summed E-state index contributed by atoms with van der Waals surface area (Å²) in [6, 6.07) is 18.1. The van der Waals surface area contributed by atoms with E-state index in [9.17, 15) is 10.0 Å². The van der Waals surface area contributed by atoms with Crippen molar-refractivity contribution in [1.29, 1.82) is 0 Å². The van der Waals surface area contributed by atoms with E-state index in [1.807, 2.05) is 36.4 Å². The van der Waals surface area contributed by atoms with Crippen LogP contribution in [0.2, 0.25) is 0 Å². The van der Waals surface area contributed by atoms with Crippen molar-refractivity contribution < 1.29 is 10.0 Å². The maximum absolute atomic E-state index is 9.42. The predicted octanol–water partition coefficient (Wildman–Crippen LogP) is 2.17. The fraction of sp³-hybridized carbons (Fsp3) is 0. The van der Waals surface area contributed by atoms with Crippen LogP contribution in [0.25, 0.3) is 33.0 Å². The fourth-order valence-corrected chi connectivity index (χ4v) is 2.99. The van der Waals surface area contributed by atoms with Gasteiger partial charge in [-0.1, -0.05) is 54.6 Å². The van der Waals surface area contributed by atoms with Crippen LogP contribution in [0.1, 0.15) is 0 Å².